The molecule has 25 heavy (non-hydrogen) atoms. The van der Waals surface area contributed by atoms with Gasteiger partial charge >= 0.3 is 0 Å². The molecular weight excluding hydrogens is 318 g/mol. The molecule has 1 aromatic heterocycles. The molecule has 0 aliphatic heterocycles. The summed E-state index contributed by atoms with van der Waals surface area (Å²) in [6.45, 7) is 1.61. The molecule has 0 fully saturated rings. The zero-order chi connectivity index (χ0) is 17.8. The van der Waals surface area contributed by atoms with Crippen LogP contribution in [-0.4, -0.2) is 22.0 Å². The first-order valence-corrected chi connectivity index (χ1v) is 7.48. The van der Waals surface area contributed by atoms with Crippen molar-refractivity contribution in [1.82, 2.24) is 9.97 Å². The maximum Gasteiger partial charge on any atom is 0.267 e. The highest BCUT2D eigenvalue weighted by atomic mass is 16.5. The van der Waals surface area contributed by atoms with E-state index >= 15 is 0 Å². The Labute approximate surface area is 143 Å². The highest BCUT2D eigenvalue weighted by Gasteiger charge is 2.18. The first-order chi connectivity index (χ1) is 12.1. The van der Waals surface area contributed by atoms with Gasteiger partial charge in [0.05, 0.1) is 0 Å². The molecule has 122 valence electrons. The standard InChI is InChI=1S/C18H13N5O2/c1-11(17(24)23-18-21-14(9-19)15(10-20)22-18)25-16-8-4-6-12-5-2-3-7-13(12)16/h2-8,11H,1H3,(H2,21,22,23,24). The number of nitrogens with one attached hydrogen (secondary N) is 2. The molecule has 1 atom stereocenters. The Kier molecular flexibility index (Phi) is 4.32. The lowest BCUT2D eigenvalue weighted by atomic mass is 10.1. The van der Waals surface area contributed by atoms with E-state index in [0.29, 0.717) is 5.75 Å². The summed E-state index contributed by atoms with van der Waals surface area (Å²) < 4.78 is 5.77. The Hall–Kier alpha value is -3.84. The minimum Gasteiger partial charge on any atom is -0.480 e. The van der Waals surface area contributed by atoms with Crippen molar-refractivity contribution in [2.45, 2.75) is 13.0 Å². The molecule has 0 aliphatic rings. The average molecular weight is 331 g/mol. The molecule has 3 rings (SSSR count). The van der Waals surface area contributed by atoms with Gasteiger partial charge in [0.2, 0.25) is 5.95 Å². The Morgan fingerprint density at radius 3 is 2.68 bits per heavy atom. The lowest BCUT2D eigenvalue weighted by molar-refractivity contribution is -0.122. The second kappa shape index (κ2) is 6.73. The van der Waals surface area contributed by atoms with E-state index in [1.165, 1.54) is 0 Å². The molecule has 0 saturated heterocycles. The van der Waals surface area contributed by atoms with Crippen LogP contribution < -0.4 is 10.1 Å². The van der Waals surface area contributed by atoms with E-state index < -0.39 is 12.0 Å². The van der Waals surface area contributed by atoms with Crippen LogP contribution in [0.1, 0.15) is 18.3 Å². The number of H-pyrrole nitrogens is 1. The van der Waals surface area contributed by atoms with Crippen LogP contribution in [0.3, 0.4) is 0 Å². The second-order valence-electron chi connectivity index (χ2n) is 5.26. The van der Waals surface area contributed by atoms with Crippen molar-refractivity contribution in [3.05, 3.63) is 53.9 Å². The number of ether oxygens (including phenoxy) is 1. The summed E-state index contributed by atoms with van der Waals surface area (Å²) >= 11 is 0. The van der Waals surface area contributed by atoms with Gasteiger partial charge in [0.15, 0.2) is 17.5 Å². The van der Waals surface area contributed by atoms with Crippen molar-refractivity contribution in [2.75, 3.05) is 5.32 Å². The molecule has 1 unspecified atom stereocenters. The van der Waals surface area contributed by atoms with Crippen LogP contribution in [0.4, 0.5) is 5.95 Å². The smallest absolute Gasteiger partial charge is 0.267 e. The fourth-order valence-corrected chi connectivity index (χ4v) is 2.36. The minimum atomic E-state index is -0.799. The molecule has 0 spiro atoms. The molecule has 7 heteroatoms. The number of amides is 1. The van der Waals surface area contributed by atoms with Crippen molar-refractivity contribution in [3.8, 4) is 17.9 Å². The summed E-state index contributed by atoms with van der Waals surface area (Å²) in [5, 5.41) is 22.2. The van der Waals surface area contributed by atoms with E-state index in [1.807, 2.05) is 36.4 Å². The van der Waals surface area contributed by atoms with Gasteiger partial charge < -0.3 is 9.72 Å². The van der Waals surface area contributed by atoms with Gasteiger partial charge in [0.1, 0.15) is 17.9 Å². The highest BCUT2D eigenvalue weighted by molar-refractivity contribution is 5.93. The second-order valence-corrected chi connectivity index (χ2v) is 5.26. The number of hydrogen-bond donors (Lipinski definition) is 2. The Morgan fingerprint density at radius 2 is 1.96 bits per heavy atom. The molecule has 3 aromatic rings. The predicted octanol–water partition coefficient (Wildman–Crippen LogP) is 2.71. The summed E-state index contributed by atoms with van der Waals surface area (Å²) in [6, 6.07) is 16.9. The zero-order valence-electron chi connectivity index (χ0n) is 13.3. The van der Waals surface area contributed by atoms with Gasteiger partial charge in [-0.2, -0.15) is 10.5 Å². The molecule has 0 radical (unpaired) electrons. The third-order valence-electron chi connectivity index (χ3n) is 3.59. The fraction of sp³-hybridized carbons (Fsp3) is 0.111. The number of benzene rings is 2. The van der Waals surface area contributed by atoms with Crippen molar-refractivity contribution in [2.24, 2.45) is 0 Å². The van der Waals surface area contributed by atoms with Crippen LogP contribution in [-0.2, 0) is 4.79 Å². The van der Waals surface area contributed by atoms with Gasteiger partial charge in [-0.05, 0) is 18.4 Å². The lowest BCUT2D eigenvalue weighted by Crippen LogP contribution is -2.30. The first-order valence-electron chi connectivity index (χ1n) is 7.48. The number of carbonyl (C=O) groups is 1. The topological polar surface area (TPSA) is 115 Å². The number of hydrogen-bond acceptors (Lipinski definition) is 5. The molecule has 0 saturated carbocycles. The number of anilines is 1. The third kappa shape index (κ3) is 3.26. The normalized spacial score (nSPS) is 11.3. The third-order valence-corrected chi connectivity index (χ3v) is 3.59. The number of rotatable bonds is 4. The summed E-state index contributed by atoms with van der Waals surface area (Å²) in [4.78, 5) is 18.7. The number of imidazole rings is 1. The van der Waals surface area contributed by atoms with Gasteiger partial charge in [0, 0.05) is 5.39 Å². The monoisotopic (exact) mass is 331 g/mol. The van der Waals surface area contributed by atoms with E-state index in [0.717, 1.165) is 10.8 Å². The van der Waals surface area contributed by atoms with Crippen LogP contribution in [0.5, 0.6) is 5.75 Å². The van der Waals surface area contributed by atoms with Crippen LogP contribution in [0.2, 0.25) is 0 Å². The van der Waals surface area contributed by atoms with Crippen molar-refractivity contribution in [1.29, 1.82) is 10.5 Å². The van der Waals surface area contributed by atoms with Crippen molar-refractivity contribution in [3.63, 3.8) is 0 Å². The van der Waals surface area contributed by atoms with Crippen LogP contribution in [0.25, 0.3) is 10.8 Å². The number of carbonyl (C=O) groups excluding carboxylic acids is 1. The van der Waals surface area contributed by atoms with Crippen molar-refractivity contribution >= 4 is 22.6 Å². The minimum absolute atomic E-state index is 0.000393. The molecule has 7 nitrogen and oxygen atoms in total. The van der Waals surface area contributed by atoms with Crippen LogP contribution in [0.15, 0.2) is 42.5 Å². The molecular formula is C18H13N5O2. The molecule has 1 heterocycles. The zero-order valence-corrected chi connectivity index (χ0v) is 13.3. The Balaban J connectivity index is 1.76. The molecule has 2 aromatic carbocycles. The quantitative estimate of drug-likeness (QED) is 0.763. The van der Waals surface area contributed by atoms with Gasteiger partial charge in [-0.3, -0.25) is 10.1 Å². The average Bonchev–Trinajstić information content (AvgIpc) is 3.04. The SMILES string of the molecule is CC(Oc1cccc2ccccc12)C(=O)Nc1nc(C#N)c(C#N)[nH]1. The molecule has 1 amide bonds. The van der Waals surface area contributed by atoms with Crippen LogP contribution in [0, 0.1) is 22.7 Å². The first kappa shape index (κ1) is 16.0. The van der Waals surface area contributed by atoms with Crippen molar-refractivity contribution < 1.29 is 9.53 Å². The van der Waals surface area contributed by atoms with Gasteiger partial charge in [-0.25, -0.2) is 4.98 Å². The lowest BCUT2D eigenvalue weighted by Gasteiger charge is -2.15. The largest absolute Gasteiger partial charge is 0.480 e. The van der Waals surface area contributed by atoms with E-state index in [-0.39, 0.29) is 17.3 Å². The van der Waals surface area contributed by atoms with E-state index in [9.17, 15) is 4.79 Å². The maximum atomic E-state index is 12.3. The Morgan fingerprint density at radius 1 is 1.20 bits per heavy atom. The fourth-order valence-electron chi connectivity index (χ4n) is 2.36. The Bertz CT molecular complexity index is 989. The van der Waals surface area contributed by atoms with E-state index in [2.05, 4.69) is 15.3 Å². The predicted molar refractivity (Wildman–Crippen MR) is 90.7 cm³/mol. The summed E-state index contributed by atoms with van der Waals surface area (Å²) in [6.07, 6.45) is -0.799. The highest BCUT2D eigenvalue weighted by Crippen LogP contribution is 2.26. The maximum absolute atomic E-state index is 12.3. The van der Waals surface area contributed by atoms with Gasteiger partial charge in [-0.15, -0.1) is 0 Å². The van der Waals surface area contributed by atoms with Gasteiger partial charge in [0.25, 0.3) is 5.91 Å². The summed E-state index contributed by atoms with van der Waals surface area (Å²) in [5.41, 5.74) is -0.0687. The number of fused-ring (bicyclic) bond motifs is 1. The van der Waals surface area contributed by atoms with Crippen LogP contribution >= 0.6 is 0 Å². The molecule has 2 N–H and O–H groups in total. The summed E-state index contributed by atoms with van der Waals surface area (Å²) in [7, 11) is 0. The number of nitrogens with zero attached hydrogens (tertiary/aromatic N) is 3. The van der Waals surface area contributed by atoms with Gasteiger partial charge in [-0.1, -0.05) is 36.4 Å². The number of nitriles is 2. The van der Waals surface area contributed by atoms with E-state index in [1.54, 1.807) is 25.1 Å². The number of aromatic amines is 1. The number of aromatic nitrogens is 2. The molecule has 0 aliphatic carbocycles. The molecule has 0 bridgehead atoms. The van der Waals surface area contributed by atoms with E-state index in [4.69, 9.17) is 15.3 Å². The summed E-state index contributed by atoms with van der Waals surface area (Å²) in [5.74, 6) is 0.178.